The molecule has 1 aromatic heterocycles. The van der Waals surface area contributed by atoms with Crippen molar-refractivity contribution in [1.29, 1.82) is 0 Å². The van der Waals surface area contributed by atoms with E-state index in [-0.39, 0.29) is 16.8 Å². The molecule has 122 valence electrons. The van der Waals surface area contributed by atoms with Gasteiger partial charge in [-0.05, 0) is 28.9 Å². The molecule has 9 heteroatoms. The summed E-state index contributed by atoms with van der Waals surface area (Å²) in [5.74, 6) is -2.94. The van der Waals surface area contributed by atoms with Crippen molar-refractivity contribution in [3.05, 3.63) is 46.3 Å². The number of aromatic nitrogens is 2. The van der Waals surface area contributed by atoms with Crippen molar-refractivity contribution in [3.8, 4) is 0 Å². The maximum Gasteiger partial charge on any atom is 0.339 e. The first-order valence-electron chi connectivity index (χ1n) is 7.04. The number of hydrogen-bond donors (Lipinski definition) is 3. The summed E-state index contributed by atoms with van der Waals surface area (Å²) in [6.45, 7) is 1.55. The molecule has 4 rings (SSSR count). The quantitative estimate of drug-likeness (QED) is 0.669. The van der Waals surface area contributed by atoms with Gasteiger partial charge < -0.3 is 20.3 Å². The molecule has 1 aromatic carbocycles. The van der Waals surface area contributed by atoms with Gasteiger partial charge in [0.1, 0.15) is 11.0 Å². The Morgan fingerprint density at radius 2 is 2.12 bits per heavy atom. The Bertz CT molecular complexity index is 957. The minimum absolute atomic E-state index is 0.0321. The van der Waals surface area contributed by atoms with Crippen LogP contribution >= 0.6 is 0 Å². The van der Waals surface area contributed by atoms with Crippen LogP contribution < -0.4 is 5.32 Å². The normalized spacial score (nSPS) is 23.3. The molecule has 2 unspecified atom stereocenters. The minimum Gasteiger partial charge on any atom is -0.478 e. The molecule has 0 spiro atoms. The molecular formula is C15H11N3O6. The zero-order chi connectivity index (χ0) is 17.0. The van der Waals surface area contributed by atoms with Gasteiger partial charge >= 0.3 is 11.9 Å². The van der Waals surface area contributed by atoms with Crippen molar-refractivity contribution in [2.75, 3.05) is 0 Å². The first-order valence-corrected chi connectivity index (χ1v) is 7.04. The molecular weight excluding hydrogens is 318 g/mol. The Morgan fingerprint density at radius 3 is 2.88 bits per heavy atom. The molecule has 0 radical (unpaired) electrons. The average Bonchev–Trinajstić information content (AvgIpc) is 3.11. The van der Waals surface area contributed by atoms with Crippen LogP contribution in [0.2, 0.25) is 0 Å². The number of allylic oxidation sites excluding steroid dienone is 1. The summed E-state index contributed by atoms with van der Waals surface area (Å²) in [5, 5.41) is 29.8. The van der Waals surface area contributed by atoms with Crippen LogP contribution in [0.15, 0.2) is 45.4 Å². The first kappa shape index (κ1) is 14.4. The third kappa shape index (κ3) is 1.85. The number of carboxylic acids is 1. The summed E-state index contributed by atoms with van der Waals surface area (Å²) in [6.07, 6.45) is -1.46. The number of carbonyl (C=O) groups excluding carboxylic acids is 1. The van der Waals surface area contributed by atoms with Crippen molar-refractivity contribution in [2.24, 2.45) is 0 Å². The van der Waals surface area contributed by atoms with Crippen LogP contribution in [-0.4, -0.2) is 38.8 Å². The molecule has 0 fully saturated rings. The Hall–Kier alpha value is -3.20. The monoisotopic (exact) mass is 329 g/mol. The van der Waals surface area contributed by atoms with Gasteiger partial charge in [0.15, 0.2) is 0 Å². The van der Waals surface area contributed by atoms with Gasteiger partial charge in [0, 0.05) is 5.70 Å². The smallest absolute Gasteiger partial charge is 0.339 e. The average molecular weight is 329 g/mol. The number of carboxylic acid groups (broad SMARTS) is 1. The molecule has 2 aliphatic rings. The molecule has 9 nitrogen and oxygen atoms in total. The van der Waals surface area contributed by atoms with Gasteiger partial charge in [0.2, 0.25) is 6.29 Å². The number of aliphatic hydroxyl groups excluding tert-OH is 1. The second kappa shape index (κ2) is 4.90. The number of aliphatic hydroxyl groups is 1. The van der Waals surface area contributed by atoms with Crippen molar-refractivity contribution in [2.45, 2.75) is 19.1 Å². The van der Waals surface area contributed by atoms with Crippen LogP contribution in [0.1, 0.15) is 18.4 Å². The molecule has 0 saturated carbocycles. The lowest BCUT2D eigenvalue weighted by atomic mass is 9.80. The fourth-order valence-corrected chi connectivity index (χ4v) is 3.15. The van der Waals surface area contributed by atoms with Gasteiger partial charge in [-0.15, -0.1) is 0 Å². The number of cyclic esters (lactones) is 1. The molecule has 24 heavy (non-hydrogen) atoms. The number of esters is 1. The van der Waals surface area contributed by atoms with Gasteiger partial charge in [-0.3, -0.25) is 0 Å². The second-order valence-corrected chi connectivity index (χ2v) is 5.47. The zero-order valence-electron chi connectivity index (χ0n) is 12.3. The fourth-order valence-electron chi connectivity index (χ4n) is 3.15. The Morgan fingerprint density at radius 1 is 1.33 bits per heavy atom. The van der Waals surface area contributed by atoms with Gasteiger partial charge in [0.25, 0.3) is 0 Å². The van der Waals surface area contributed by atoms with Crippen LogP contribution in [0.4, 0.5) is 0 Å². The minimum atomic E-state index is -1.46. The van der Waals surface area contributed by atoms with E-state index in [1.807, 2.05) is 0 Å². The summed E-state index contributed by atoms with van der Waals surface area (Å²) >= 11 is 0. The number of nitrogens with one attached hydrogen (secondary N) is 1. The van der Waals surface area contributed by atoms with Gasteiger partial charge in [-0.25, -0.2) is 14.2 Å². The van der Waals surface area contributed by atoms with E-state index in [2.05, 4.69) is 15.6 Å². The van der Waals surface area contributed by atoms with Crippen molar-refractivity contribution >= 4 is 23.0 Å². The van der Waals surface area contributed by atoms with E-state index in [1.165, 1.54) is 0 Å². The maximum atomic E-state index is 12.2. The lowest BCUT2D eigenvalue weighted by molar-refractivity contribution is -0.152. The number of hydrogen-bond acceptors (Lipinski definition) is 8. The third-order valence-electron chi connectivity index (χ3n) is 4.14. The highest BCUT2D eigenvalue weighted by atomic mass is 16.6. The van der Waals surface area contributed by atoms with Gasteiger partial charge in [-0.1, -0.05) is 12.1 Å². The molecule has 0 bridgehead atoms. The molecule has 0 saturated heterocycles. The van der Waals surface area contributed by atoms with E-state index in [4.69, 9.17) is 9.37 Å². The summed E-state index contributed by atoms with van der Waals surface area (Å²) in [7, 11) is 0. The molecule has 2 aromatic rings. The van der Waals surface area contributed by atoms with Crippen LogP contribution in [0.5, 0.6) is 0 Å². The van der Waals surface area contributed by atoms with Crippen LogP contribution in [-0.2, 0) is 14.3 Å². The number of nitrogens with zero attached hydrogens (tertiary/aromatic N) is 2. The van der Waals surface area contributed by atoms with E-state index >= 15 is 0 Å². The van der Waals surface area contributed by atoms with Crippen molar-refractivity contribution in [1.82, 2.24) is 15.6 Å². The molecule has 2 aliphatic heterocycles. The van der Waals surface area contributed by atoms with Crippen molar-refractivity contribution in [3.63, 3.8) is 0 Å². The molecule has 0 aliphatic carbocycles. The number of benzene rings is 1. The summed E-state index contributed by atoms with van der Waals surface area (Å²) < 4.78 is 9.55. The number of ether oxygens (including phenoxy) is 1. The topological polar surface area (TPSA) is 135 Å². The number of carbonyl (C=O) groups is 2. The largest absolute Gasteiger partial charge is 0.478 e. The zero-order valence-corrected chi connectivity index (χ0v) is 12.3. The molecule has 3 N–H and O–H groups in total. The second-order valence-electron chi connectivity index (χ2n) is 5.47. The van der Waals surface area contributed by atoms with E-state index < -0.39 is 24.1 Å². The van der Waals surface area contributed by atoms with E-state index in [0.29, 0.717) is 22.3 Å². The highest BCUT2D eigenvalue weighted by Gasteiger charge is 2.45. The Kier molecular flexibility index (Phi) is 2.94. The van der Waals surface area contributed by atoms with E-state index in [0.717, 1.165) is 0 Å². The highest BCUT2D eigenvalue weighted by molar-refractivity contribution is 6.02. The summed E-state index contributed by atoms with van der Waals surface area (Å²) in [4.78, 5) is 24.0. The predicted octanol–water partition coefficient (Wildman–Crippen LogP) is 0.398. The number of rotatable bonds is 2. The van der Waals surface area contributed by atoms with Gasteiger partial charge in [0.05, 0.1) is 22.8 Å². The van der Waals surface area contributed by atoms with Crippen molar-refractivity contribution < 1.29 is 29.2 Å². The van der Waals surface area contributed by atoms with Crippen LogP contribution in [0.25, 0.3) is 11.0 Å². The molecule has 0 amide bonds. The Balaban J connectivity index is 2.02. The number of fused-ring (bicyclic) bond motifs is 1. The number of aliphatic carboxylic acids is 1. The summed E-state index contributed by atoms with van der Waals surface area (Å²) in [5.41, 5.74) is 1.67. The highest BCUT2D eigenvalue weighted by Crippen LogP contribution is 2.43. The van der Waals surface area contributed by atoms with E-state index in [9.17, 15) is 19.8 Å². The first-order chi connectivity index (χ1) is 11.5. The SMILES string of the molecule is CC1=C(C(=O)O)C(c2cccc3nonc23)C2=C(N1)C(O)OC2=O. The number of dihydropyridines is 1. The van der Waals surface area contributed by atoms with Crippen LogP contribution in [0.3, 0.4) is 0 Å². The molecule has 3 heterocycles. The predicted molar refractivity (Wildman–Crippen MR) is 77.1 cm³/mol. The van der Waals surface area contributed by atoms with E-state index in [1.54, 1.807) is 25.1 Å². The maximum absolute atomic E-state index is 12.2. The molecule has 2 atom stereocenters. The standard InChI is InChI=1S/C15H11N3O6/c1-5-8(13(19)20)9(10-12(16-5)15(22)23-14(10)21)6-3-2-4-7-11(6)18-24-17-7/h2-4,9,15-16,22H,1H3,(H,19,20). The fraction of sp³-hybridized carbons (Fsp3) is 0.200. The third-order valence-corrected chi connectivity index (χ3v) is 4.14. The van der Waals surface area contributed by atoms with Crippen LogP contribution in [0, 0.1) is 0 Å². The lowest BCUT2D eigenvalue weighted by Crippen LogP contribution is -2.31. The Labute approximate surface area is 134 Å². The van der Waals surface area contributed by atoms with Gasteiger partial charge in [-0.2, -0.15) is 0 Å². The lowest BCUT2D eigenvalue weighted by Gasteiger charge is -2.26. The summed E-state index contributed by atoms with van der Waals surface area (Å²) in [6, 6.07) is 4.96.